The normalized spacial score (nSPS) is 11.5. The maximum absolute atomic E-state index is 14.9. The highest BCUT2D eigenvalue weighted by atomic mass is 35.5. The number of carbonyl (C=O) groups is 3. The van der Waals surface area contributed by atoms with Crippen molar-refractivity contribution in [2.75, 3.05) is 65.1 Å². The molecule has 6 N–H and O–H groups in total. The van der Waals surface area contributed by atoms with Crippen LogP contribution in [0, 0.1) is 62.5 Å². The van der Waals surface area contributed by atoms with Crippen molar-refractivity contribution in [3.8, 4) is 110 Å². The van der Waals surface area contributed by atoms with E-state index in [1.165, 1.54) is 25.3 Å². The second-order valence-corrected chi connectivity index (χ2v) is 38.6. The Balaban J connectivity index is 0.000000161. The molecule has 5 aromatic heterocycles. The molecule has 34 heteroatoms. The number of urea groups is 1. The van der Waals surface area contributed by atoms with E-state index in [0.29, 0.717) is 128 Å². The van der Waals surface area contributed by atoms with E-state index in [4.69, 9.17) is 51.6 Å². The van der Waals surface area contributed by atoms with Crippen LogP contribution in [0.1, 0.15) is 150 Å². The monoisotopic (exact) mass is 2020 g/mol. The minimum atomic E-state index is -3.34. The van der Waals surface area contributed by atoms with Gasteiger partial charge in [0.25, 0.3) is 0 Å². The summed E-state index contributed by atoms with van der Waals surface area (Å²) in [6, 6.07) is 71.0. The number of benzene rings is 10. The van der Waals surface area contributed by atoms with Gasteiger partial charge < -0.3 is 61.9 Å². The van der Waals surface area contributed by atoms with E-state index < -0.39 is 38.1 Å². The van der Waals surface area contributed by atoms with Gasteiger partial charge in [-0.05, 0) is 258 Å². The molecule has 29 nitrogen and oxygen atoms in total. The van der Waals surface area contributed by atoms with Gasteiger partial charge in [-0.25, -0.2) is 35.6 Å². The van der Waals surface area contributed by atoms with Gasteiger partial charge in [-0.3, -0.25) is 20.1 Å². The SMILES string of the molecule is CCCNC(=O)Nc1cccc(-c2c(C#N)c3ccc(OC)cc3n2CCC)c1.CCCS(=O)(=O)Nc1ccc(-c2c(C#N)c3cc(Cl)ccc3n2CC)cc1.CCOC(=O)Nc1cc(-c2c(C#N)c3ccc(OC(C)C)cc3n2CC)ccc1OC.CCOC(=O)Nc1ccc(F)c(-c2c(C#N)c3ccc(OC(C)C)cc3n2CC)c1.CCn1c(-c2ccc(NS(=O)(=O)C3CC3)cc2)c(C#N)c2cc(Cl)ccc21. The second-order valence-electron chi connectivity index (χ2n) is 33.9. The zero-order valence-corrected chi connectivity index (χ0v) is 86.1. The summed E-state index contributed by atoms with van der Waals surface area (Å²) in [5.41, 5.74) is 17.2. The lowest BCUT2D eigenvalue weighted by molar-refractivity contribution is 0.167. The predicted molar refractivity (Wildman–Crippen MR) is 570 cm³/mol. The Morgan fingerprint density at radius 3 is 1.32 bits per heavy atom. The van der Waals surface area contributed by atoms with Crippen molar-refractivity contribution in [3.05, 3.63) is 244 Å². The van der Waals surface area contributed by atoms with Gasteiger partial charge in [-0.1, -0.05) is 80.4 Å². The van der Waals surface area contributed by atoms with E-state index in [1.54, 1.807) is 63.4 Å². The maximum atomic E-state index is 14.9. The lowest BCUT2D eigenvalue weighted by Crippen LogP contribution is -2.29. The Hall–Kier alpha value is -15.6. The molecular weight excluding hydrogens is 1910 g/mol. The van der Waals surface area contributed by atoms with Gasteiger partial charge in [0.2, 0.25) is 20.0 Å². The molecule has 16 rings (SSSR count). The first-order chi connectivity index (χ1) is 69.3. The van der Waals surface area contributed by atoms with E-state index >= 15 is 0 Å². The summed E-state index contributed by atoms with van der Waals surface area (Å²) < 4.78 is 111. The molecule has 0 atom stereocenters. The van der Waals surface area contributed by atoms with Crippen LogP contribution >= 0.6 is 23.2 Å². The smallest absolute Gasteiger partial charge is 0.411 e. The van der Waals surface area contributed by atoms with Crippen LogP contribution in [0.3, 0.4) is 0 Å². The number of aryl methyl sites for hydroxylation is 5. The third kappa shape index (κ3) is 24.7. The zero-order chi connectivity index (χ0) is 104. The highest BCUT2D eigenvalue weighted by Crippen LogP contribution is 2.45. The van der Waals surface area contributed by atoms with E-state index in [9.17, 15) is 61.9 Å². The molecule has 0 bridgehead atoms. The number of nitrogens with zero attached hydrogens (tertiary/aromatic N) is 10. The quantitative estimate of drug-likeness (QED) is 0.0235. The number of sulfonamides is 2. The Bertz CT molecular complexity index is 7740. The van der Waals surface area contributed by atoms with Crippen LogP contribution in [0.5, 0.6) is 23.0 Å². The number of methoxy groups -OCH3 is 2. The molecule has 0 saturated heterocycles. The van der Waals surface area contributed by atoms with Gasteiger partial charge in [-0.2, -0.15) is 26.3 Å². The summed E-state index contributed by atoms with van der Waals surface area (Å²) >= 11 is 12.3. The molecule has 1 aliphatic rings. The fraction of sp³-hybridized carbons (Fsp3) is 0.291. The van der Waals surface area contributed by atoms with E-state index in [1.807, 2.05) is 213 Å². The van der Waals surface area contributed by atoms with Crippen molar-refractivity contribution in [2.24, 2.45) is 0 Å². The van der Waals surface area contributed by atoms with Gasteiger partial charge >= 0.3 is 18.2 Å². The minimum Gasteiger partial charge on any atom is -0.497 e. The number of fused-ring (bicyclic) bond motifs is 5. The third-order valence-corrected chi connectivity index (χ3v) is 27.2. The van der Waals surface area contributed by atoms with Crippen molar-refractivity contribution in [2.45, 2.75) is 172 Å². The Kier molecular flexibility index (Phi) is 36.3. The Morgan fingerprint density at radius 2 is 0.854 bits per heavy atom. The predicted octanol–water partition coefficient (Wildman–Crippen LogP) is 26.2. The molecule has 10 aromatic carbocycles. The number of hydrogen-bond acceptors (Lipinski definition) is 18. The number of nitriles is 5. The number of ether oxygens (including phenoxy) is 6. The average molecular weight is 2020 g/mol. The maximum Gasteiger partial charge on any atom is 0.411 e. The number of halogens is 3. The average Bonchev–Trinajstić information content (AvgIpc) is 1.60. The van der Waals surface area contributed by atoms with Crippen LogP contribution in [0.4, 0.5) is 47.2 Å². The van der Waals surface area contributed by atoms with Crippen molar-refractivity contribution < 1.29 is 64.0 Å². The summed E-state index contributed by atoms with van der Waals surface area (Å²) in [5.74, 6) is 2.28. The van der Waals surface area contributed by atoms with Gasteiger partial charge in [0, 0.05) is 145 Å². The summed E-state index contributed by atoms with van der Waals surface area (Å²) in [4.78, 5) is 35.8. The van der Waals surface area contributed by atoms with Crippen LogP contribution in [0.2, 0.25) is 10.0 Å². The third-order valence-electron chi connectivity index (χ3n) is 23.4. The van der Waals surface area contributed by atoms with Crippen LogP contribution in [0.25, 0.3) is 111 Å². The largest absolute Gasteiger partial charge is 0.497 e. The summed E-state index contributed by atoms with van der Waals surface area (Å²) in [6.07, 6.45) is 2.66. The van der Waals surface area contributed by atoms with Crippen molar-refractivity contribution >= 4 is 144 Å². The van der Waals surface area contributed by atoms with Gasteiger partial charge in [-0.15, -0.1) is 0 Å². The van der Waals surface area contributed by atoms with Crippen LogP contribution < -0.4 is 49.7 Å². The molecule has 0 aliphatic heterocycles. The summed E-state index contributed by atoms with van der Waals surface area (Å²) in [5, 5.41) is 65.2. The molecule has 4 amide bonds. The van der Waals surface area contributed by atoms with E-state index in [-0.39, 0.29) is 48.0 Å². The Labute approximate surface area is 848 Å². The highest BCUT2D eigenvalue weighted by molar-refractivity contribution is 7.93. The van der Waals surface area contributed by atoms with Gasteiger partial charge in [0.1, 0.15) is 59.2 Å². The number of amides is 4. The molecule has 0 unspecified atom stereocenters. The molecular formula is C110H115Cl2FN16O13S2. The molecule has 144 heavy (non-hydrogen) atoms. The lowest BCUT2D eigenvalue weighted by atomic mass is 10.0. The van der Waals surface area contributed by atoms with Gasteiger partial charge in [0.05, 0.1) is 129 Å². The van der Waals surface area contributed by atoms with Crippen LogP contribution in [-0.2, 0) is 62.2 Å². The molecule has 0 radical (unpaired) electrons. The fourth-order valence-electron chi connectivity index (χ4n) is 17.3. The lowest BCUT2D eigenvalue weighted by Gasteiger charge is -2.14. The van der Waals surface area contributed by atoms with E-state index in [2.05, 4.69) is 86.2 Å². The summed E-state index contributed by atoms with van der Waals surface area (Å²) in [7, 11) is -3.46. The first kappa shape index (κ1) is 107. The molecule has 1 fully saturated rings. The second kappa shape index (κ2) is 48.7. The molecule has 15 aromatic rings. The van der Waals surface area contributed by atoms with Crippen molar-refractivity contribution in [1.82, 2.24) is 28.2 Å². The highest BCUT2D eigenvalue weighted by Gasteiger charge is 2.36. The number of aromatic nitrogens is 5. The molecule has 0 spiro atoms. The van der Waals surface area contributed by atoms with Crippen molar-refractivity contribution in [3.63, 3.8) is 0 Å². The molecule has 746 valence electrons. The molecule has 1 aliphatic carbocycles. The minimum absolute atomic E-state index is 0.00507. The van der Waals surface area contributed by atoms with Gasteiger partial charge in [0.15, 0.2) is 0 Å². The number of rotatable bonds is 31. The number of hydrogen-bond donors (Lipinski definition) is 6. The topological polar surface area (TPSA) is 391 Å². The first-order valence-electron chi connectivity index (χ1n) is 47.5. The zero-order valence-electron chi connectivity index (χ0n) is 82.9. The number of nitrogens with one attached hydrogen (secondary N) is 6. The molecule has 5 heterocycles. The summed E-state index contributed by atoms with van der Waals surface area (Å²) in [6.45, 7) is 29.7. The van der Waals surface area contributed by atoms with Crippen LogP contribution in [-0.4, -0.2) is 115 Å². The first-order valence-corrected chi connectivity index (χ1v) is 51.5. The fourth-order valence-corrected chi connectivity index (χ4v) is 20.1. The number of anilines is 5. The van der Waals surface area contributed by atoms with Crippen molar-refractivity contribution in [1.29, 1.82) is 26.3 Å². The number of carbonyl (C=O) groups excluding carboxylic acids is 3. The van der Waals surface area contributed by atoms with E-state index in [0.717, 1.165) is 138 Å². The standard InChI is InChI=1S/C24H27N3O4.C23H24FN3O3.C23H26N4O2.C20H18ClN3O2S.C20H20ClN3O2S/c1-6-27-21-13-17(31-15(3)4)9-10-18(21)19(14-25)23(27)16-8-11-22(29-5)20(12-16)26-24(28)30-7-2;1-5-27-21-12-16(30-14(3)4)8-9-17(21)19(13-25)22(27)18-11-15(7-10-20(18)24)26-23(28)29-6-2;1-4-11-25-23(28)26-17-8-6-7-16(13-17)22-20(15-24)19-10-9-18(29-3)14-21(19)27(22)12-5-2;1-2-24-19-10-5-14(21)11-17(19)18(12-22)20(24)13-3-6-15(7-4-13)23-27(25,26)16-8-9-16;1-3-11-27(25,26)23-16-8-5-14(6-9-16)20-18(13-22)17-12-15(21)7-10-19(17)24(20)4-2/h8-13,15H,6-7H2,1-5H3,(H,26,28);7-12,14H,5-6H2,1-4H3,(H,26,28);6-10,13-14H,4-5,11-12H2,1-3H3,(H2,25,26,28);3-7,10-11,16,23H,2,8-9H2,1H3;5-10,12,23H,3-4,11H2,1-2H3. The van der Waals surface area contributed by atoms with Crippen LogP contribution in [0.15, 0.2) is 200 Å². The molecule has 1 saturated carbocycles. The Morgan fingerprint density at radius 1 is 0.424 bits per heavy atom.